The SMILES string of the molecule is Cc1cc(-c2c(C#N)c(N)nc(SCC(O)CO)c2C#N)ccc1O. The first-order valence-corrected chi connectivity index (χ1v) is 8.26. The number of thioether (sulfide) groups is 1. The lowest BCUT2D eigenvalue weighted by Gasteiger charge is -2.14. The van der Waals surface area contributed by atoms with Gasteiger partial charge in [0.2, 0.25) is 0 Å². The molecule has 0 bridgehead atoms. The number of phenols is 1. The van der Waals surface area contributed by atoms with Gasteiger partial charge in [0.25, 0.3) is 0 Å². The van der Waals surface area contributed by atoms with Crippen molar-refractivity contribution in [1.29, 1.82) is 10.5 Å². The molecule has 5 N–H and O–H groups in total. The van der Waals surface area contributed by atoms with Crippen LogP contribution in [0.25, 0.3) is 11.1 Å². The number of aryl methyl sites for hydroxylation is 1. The Bertz CT molecular complexity index is 887. The van der Waals surface area contributed by atoms with Gasteiger partial charge < -0.3 is 21.1 Å². The minimum absolute atomic E-state index is 0.0248. The molecule has 0 fully saturated rings. The monoisotopic (exact) mass is 356 g/mol. The summed E-state index contributed by atoms with van der Waals surface area (Å²) in [6.45, 7) is 1.29. The first-order valence-electron chi connectivity index (χ1n) is 7.28. The summed E-state index contributed by atoms with van der Waals surface area (Å²) in [4.78, 5) is 4.10. The second-order valence-corrected chi connectivity index (χ2v) is 6.31. The Morgan fingerprint density at radius 3 is 2.52 bits per heavy atom. The van der Waals surface area contributed by atoms with Crippen molar-refractivity contribution in [2.75, 3.05) is 18.1 Å². The number of pyridine rings is 1. The number of nitrogens with zero attached hydrogens (tertiary/aromatic N) is 3. The van der Waals surface area contributed by atoms with Gasteiger partial charge >= 0.3 is 0 Å². The van der Waals surface area contributed by atoms with Crippen LogP contribution in [0.4, 0.5) is 5.82 Å². The molecule has 0 aliphatic carbocycles. The number of aliphatic hydroxyl groups excluding tert-OH is 2. The first-order chi connectivity index (χ1) is 11.9. The molecular weight excluding hydrogens is 340 g/mol. The van der Waals surface area contributed by atoms with E-state index in [0.717, 1.165) is 11.8 Å². The summed E-state index contributed by atoms with van der Waals surface area (Å²) < 4.78 is 0. The number of aromatic hydroxyl groups is 1. The van der Waals surface area contributed by atoms with Gasteiger partial charge in [-0.1, -0.05) is 6.07 Å². The van der Waals surface area contributed by atoms with Crippen molar-refractivity contribution in [3.05, 3.63) is 34.9 Å². The number of benzene rings is 1. The van der Waals surface area contributed by atoms with Gasteiger partial charge in [0.1, 0.15) is 34.3 Å². The summed E-state index contributed by atoms with van der Waals surface area (Å²) in [5.41, 5.74) is 7.60. The zero-order valence-electron chi connectivity index (χ0n) is 13.4. The lowest BCUT2D eigenvalue weighted by Crippen LogP contribution is -2.15. The van der Waals surface area contributed by atoms with Gasteiger partial charge in [-0.2, -0.15) is 10.5 Å². The van der Waals surface area contributed by atoms with Crippen molar-refractivity contribution in [1.82, 2.24) is 4.98 Å². The summed E-state index contributed by atoms with van der Waals surface area (Å²) in [7, 11) is 0. The molecule has 0 saturated carbocycles. The zero-order valence-corrected chi connectivity index (χ0v) is 14.2. The molecule has 0 aliphatic rings. The molecule has 2 aromatic rings. The van der Waals surface area contributed by atoms with Crippen molar-refractivity contribution < 1.29 is 15.3 Å². The molecule has 25 heavy (non-hydrogen) atoms. The Balaban J connectivity index is 2.67. The molecule has 0 aliphatic heterocycles. The van der Waals surface area contributed by atoms with E-state index in [4.69, 9.17) is 10.8 Å². The number of hydrogen-bond donors (Lipinski definition) is 4. The molecule has 0 spiro atoms. The predicted octanol–water partition coefficient (Wildman–Crippen LogP) is 1.53. The second kappa shape index (κ2) is 7.86. The van der Waals surface area contributed by atoms with E-state index in [1.807, 2.05) is 12.1 Å². The molecule has 8 heteroatoms. The van der Waals surface area contributed by atoms with Crippen LogP contribution in [0.3, 0.4) is 0 Å². The highest BCUT2D eigenvalue weighted by atomic mass is 32.2. The third-order valence-electron chi connectivity index (χ3n) is 3.52. The maximum atomic E-state index is 9.70. The minimum atomic E-state index is -0.963. The van der Waals surface area contributed by atoms with Crippen LogP contribution < -0.4 is 5.73 Å². The number of hydrogen-bond acceptors (Lipinski definition) is 8. The number of anilines is 1. The van der Waals surface area contributed by atoms with Gasteiger partial charge in [0.15, 0.2) is 0 Å². The zero-order chi connectivity index (χ0) is 18.6. The van der Waals surface area contributed by atoms with Gasteiger partial charge in [0.05, 0.1) is 18.3 Å². The molecule has 2 rings (SSSR count). The third kappa shape index (κ3) is 3.83. The third-order valence-corrected chi connectivity index (χ3v) is 4.64. The number of nitriles is 2. The first kappa shape index (κ1) is 18.6. The van der Waals surface area contributed by atoms with Crippen molar-refractivity contribution >= 4 is 17.6 Å². The Morgan fingerprint density at radius 2 is 1.96 bits per heavy atom. The van der Waals surface area contributed by atoms with Gasteiger partial charge in [-0.05, 0) is 30.2 Å². The average molecular weight is 356 g/mol. The van der Waals surface area contributed by atoms with E-state index in [2.05, 4.69) is 4.98 Å². The molecule has 1 atom stereocenters. The normalized spacial score (nSPS) is 11.6. The van der Waals surface area contributed by atoms with Crippen molar-refractivity contribution in [3.8, 4) is 29.0 Å². The van der Waals surface area contributed by atoms with Crippen LogP contribution in [0.15, 0.2) is 23.2 Å². The second-order valence-electron chi connectivity index (χ2n) is 5.30. The van der Waals surface area contributed by atoms with Gasteiger partial charge in [0, 0.05) is 11.3 Å². The lowest BCUT2D eigenvalue weighted by atomic mass is 9.95. The Labute approximate surface area is 149 Å². The Morgan fingerprint density at radius 1 is 1.28 bits per heavy atom. The Hall–Kier alpha value is -2.78. The quantitative estimate of drug-likeness (QED) is 0.590. The van der Waals surface area contributed by atoms with Crippen molar-refractivity contribution in [2.24, 2.45) is 0 Å². The molecule has 1 aromatic heterocycles. The van der Waals surface area contributed by atoms with Crippen LogP contribution in [-0.2, 0) is 0 Å². The van der Waals surface area contributed by atoms with E-state index in [1.54, 1.807) is 19.1 Å². The topological polar surface area (TPSA) is 147 Å². The number of rotatable bonds is 5. The fourth-order valence-electron chi connectivity index (χ4n) is 2.23. The highest BCUT2D eigenvalue weighted by molar-refractivity contribution is 7.99. The predicted molar refractivity (Wildman–Crippen MR) is 93.7 cm³/mol. The van der Waals surface area contributed by atoms with Crippen molar-refractivity contribution in [2.45, 2.75) is 18.1 Å². The summed E-state index contributed by atoms with van der Waals surface area (Å²) in [6, 6.07) is 8.75. The summed E-state index contributed by atoms with van der Waals surface area (Å²) >= 11 is 1.07. The van der Waals surface area contributed by atoms with Crippen LogP contribution >= 0.6 is 11.8 Å². The standard InChI is InChI=1S/C17H16N4O3S/c1-9-4-10(2-3-14(9)24)15-12(5-18)16(20)21-17(13(15)6-19)25-8-11(23)7-22/h2-4,11,22-24H,7-8H2,1H3,(H2,20,21). The molecule has 1 unspecified atom stereocenters. The van der Waals surface area contributed by atoms with E-state index in [1.165, 1.54) is 6.07 Å². The molecule has 7 nitrogen and oxygen atoms in total. The molecule has 1 aromatic carbocycles. The summed E-state index contributed by atoms with van der Waals surface area (Å²) in [5, 5.41) is 47.5. The fourth-order valence-corrected chi connectivity index (χ4v) is 3.14. The average Bonchev–Trinajstić information content (AvgIpc) is 2.61. The molecule has 128 valence electrons. The van der Waals surface area contributed by atoms with Crippen LogP contribution in [0, 0.1) is 29.6 Å². The number of nitrogen functional groups attached to an aromatic ring is 1. The van der Waals surface area contributed by atoms with Gasteiger partial charge in [-0.3, -0.25) is 0 Å². The van der Waals surface area contributed by atoms with Crippen LogP contribution in [0.1, 0.15) is 16.7 Å². The van der Waals surface area contributed by atoms with Crippen LogP contribution in [0.2, 0.25) is 0 Å². The van der Waals surface area contributed by atoms with Crippen LogP contribution in [0.5, 0.6) is 5.75 Å². The summed E-state index contributed by atoms with van der Waals surface area (Å²) in [5.74, 6) is 0.198. The highest BCUT2D eigenvalue weighted by Gasteiger charge is 2.21. The number of phenolic OH excluding ortho intramolecular Hbond substituents is 1. The number of nitrogens with two attached hydrogens (primary N) is 1. The van der Waals surface area contributed by atoms with E-state index in [0.29, 0.717) is 16.7 Å². The largest absolute Gasteiger partial charge is 0.508 e. The van der Waals surface area contributed by atoms with Crippen molar-refractivity contribution in [3.63, 3.8) is 0 Å². The van der Waals surface area contributed by atoms with Gasteiger partial charge in [-0.15, -0.1) is 11.8 Å². The molecule has 0 radical (unpaired) electrons. The number of aromatic nitrogens is 1. The maximum Gasteiger partial charge on any atom is 0.143 e. The maximum absolute atomic E-state index is 9.70. The lowest BCUT2D eigenvalue weighted by molar-refractivity contribution is 0.113. The molecular formula is C17H16N4O3S. The summed E-state index contributed by atoms with van der Waals surface area (Å²) in [6.07, 6.45) is -0.963. The molecule has 0 amide bonds. The minimum Gasteiger partial charge on any atom is -0.508 e. The van der Waals surface area contributed by atoms with Gasteiger partial charge in [-0.25, -0.2) is 4.98 Å². The Kier molecular flexibility index (Phi) is 5.84. The fraction of sp³-hybridized carbons (Fsp3) is 0.235. The molecule has 0 saturated heterocycles. The smallest absolute Gasteiger partial charge is 0.143 e. The van der Waals surface area contributed by atoms with E-state index in [-0.39, 0.29) is 33.5 Å². The highest BCUT2D eigenvalue weighted by Crippen LogP contribution is 2.37. The van der Waals surface area contributed by atoms with E-state index in [9.17, 15) is 20.7 Å². The van der Waals surface area contributed by atoms with E-state index >= 15 is 0 Å². The molecule has 1 heterocycles. The number of aliphatic hydroxyl groups is 2. The van der Waals surface area contributed by atoms with E-state index < -0.39 is 12.7 Å². The van der Waals surface area contributed by atoms with Crippen LogP contribution in [-0.4, -0.2) is 38.8 Å².